The minimum atomic E-state index is -0.187. The summed E-state index contributed by atoms with van der Waals surface area (Å²) in [5, 5.41) is 0.737. The minimum Gasteiger partial charge on any atom is -0.398 e. The Balaban J connectivity index is 2.56. The molecular formula is C16H19ClN2. The third-order valence-electron chi connectivity index (χ3n) is 3.80. The summed E-state index contributed by atoms with van der Waals surface area (Å²) < 4.78 is 0. The van der Waals surface area contributed by atoms with E-state index < -0.39 is 0 Å². The topological polar surface area (TPSA) is 52.0 Å². The fourth-order valence-corrected chi connectivity index (χ4v) is 2.44. The van der Waals surface area contributed by atoms with Gasteiger partial charge in [0.25, 0.3) is 0 Å². The molecule has 2 nitrogen and oxygen atoms in total. The lowest BCUT2D eigenvalue weighted by atomic mass is 9.76. The fraction of sp³-hybridized carbons (Fsp3) is 0.250. The van der Waals surface area contributed by atoms with Crippen molar-refractivity contribution in [3.63, 3.8) is 0 Å². The summed E-state index contributed by atoms with van der Waals surface area (Å²) in [5.74, 6) is 0. The Labute approximate surface area is 119 Å². The van der Waals surface area contributed by atoms with Crippen molar-refractivity contribution in [3.8, 4) is 0 Å². The van der Waals surface area contributed by atoms with Crippen molar-refractivity contribution < 1.29 is 0 Å². The zero-order chi connectivity index (χ0) is 14.2. The maximum atomic E-state index is 6.23. The van der Waals surface area contributed by atoms with E-state index in [9.17, 15) is 0 Å². The van der Waals surface area contributed by atoms with Crippen molar-refractivity contribution in [3.05, 3.63) is 58.1 Å². The highest BCUT2D eigenvalue weighted by Crippen LogP contribution is 2.37. The van der Waals surface area contributed by atoms with Gasteiger partial charge in [-0.3, -0.25) is 0 Å². The number of nitrogens with two attached hydrogens (primary N) is 2. The molecule has 0 radical (unpaired) electrons. The van der Waals surface area contributed by atoms with E-state index in [1.54, 1.807) is 0 Å². The fourth-order valence-electron chi connectivity index (χ4n) is 2.31. The van der Waals surface area contributed by atoms with Crippen LogP contribution in [0.5, 0.6) is 0 Å². The molecule has 0 amide bonds. The maximum Gasteiger partial charge on any atom is 0.0406 e. The summed E-state index contributed by atoms with van der Waals surface area (Å²) >= 11 is 5.94. The highest BCUT2D eigenvalue weighted by Gasteiger charge is 2.26. The Hall–Kier alpha value is -1.67. The van der Waals surface area contributed by atoms with Gasteiger partial charge in [-0.15, -0.1) is 0 Å². The van der Waals surface area contributed by atoms with Gasteiger partial charge in [0.15, 0.2) is 0 Å². The second-order valence-electron chi connectivity index (χ2n) is 5.37. The molecule has 0 atom stereocenters. The summed E-state index contributed by atoms with van der Waals surface area (Å²) in [6, 6.07) is 11.8. The molecule has 4 N–H and O–H groups in total. The maximum absolute atomic E-state index is 6.23. The van der Waals surface area contributed by atoms with Crippen LogP contribution < -0.4 is 11.5 Å². The van der Waals surface area contributed by atoms with Gasteiger partial charge in [-0.1, -0.05) is 43.6 Å². The summed E-state index contributed by atoms with van der Waals surface area (Å²) in [5.41, 5.74) is 16.6. The number of hydrogen-bond acceptors (Lipinski definition) is 2. The van der Waals surface area contributed by atoms with Gasteiger partial charge in [-0.2, -0.15) is 0 Å². The molecule has 100 valence electrons. The first-order valence-electron chi connectivity index (χ1n) is 6.25. The van der Waals surface area contributed by atoms with Crippen molar-refractivity contribution >= 4 is 23.0 Å². The van der Waals surface area contributed by atoms with Crippen LogP contribution in [0.4, 0.5) is 11.4 Å². The lowest BCUT2D eigenvalue weighted by Crippen LogP contribution is -2.21. The number of hydrogen-bond donors (Lipinski definition) is 2. The molecule has 0 spiro atoms. The first-order chi connectivity index (χ1) is 8.84. The first-order valence-corrected chi connectivity index (χ1v) is 6.63. The number of halogens is 1. The van der Waals surface area contributed by atoms with E-state index in [0.717, 1.165) is 27.5 Å². The average Bonchev–Trinajstić information content (AvgIpc) is 2.36. The normalized spacial score (nSPS) is 11.6. The Morgan fingerprint density at radius 3 is 2.11 bits per heavy atom. The third kappa shape index (κ3) is 2.41. The Bertz CT molecular complexity index is 601. The minimum absolute atomic E-state index is 0.187. The van der Waals surface area contributed by atoms with Crippen LogP contribution in [0.2, 0.25) is 5.02 Å². The highest BCUT2D eigenvalue weighted by atomic mass is 35.5. The van der Waals surface area contributed by atoms with Gasteiger partial charge in [0.2, 0.25) is 0 Å². The van der Waals surface area contributed by atoms with Crippen molar-refractivity contribution in [2.24, 2.45) is 0 Å². The van der Waals surface area contributed by atoms with Gasteiger partial charge in [0.05, 0.1) is 0 Å². The standard InChI is InChI=1S/C16H19ClN2/c1-10-14(18)9-8-13(15(10)19)16(2,3)11-4-6-12(17)7-5-11/h4-9H,18-19H2,1-3H3. The predicted octanol–water partition coefficient (Wildman–Crippen LogP) is 4.14. The van der Waals surface area contributed by atoms with Crippen LogP contribution in [0.15, 0.2) is 36.4 Å². The van der Waals surface area contributed by atoms with E-state index in [4.69, 9.17) is 23.1 Å². The molecule has 0 aromatic heterocycles. The van der Waals surface area contributed by atoms with Crippen LogP contribution in [0.1, 0.15) is 30.5 Å². The van der Waals surface area contributed by atoms with Gasteiger partial charge >= 0.3 is 0 Å². The molecule has 19 heavy (non-hydrogen) atoms. The van der Waals surface area contributed by atoms with E-state index in [-0.39, 0.29) is 5.41 Å². The van der Waals surface area contributed by atoms with Crippen LogP contribution >= 0.6 is 11.6 Å². The van der Waals surface area contributed by atoms with E-state index in [2.05, 4.69) is 13.8 Å². The second-order valence-corrected chi connectivity index (χ2v) is 5.81. The van der Waals surface area contributed by atoms with Crippen molar-refractivity contribution in [1.29, 1.82) is 0 Å². The van der Waals surface area contributed by atoms with Gasteiger partial charge < -0.3 is 11.5 Å². The highest BCUT2D eigenvalue weighted by molar-refractivity contribution is 6.30. The van der Waals surface area contributed by atoms with E-state index in [1.807, 2.05) is 43.3 Å². The lowest BCUT2D eigenvalue weighted by Gasteiger charge is -2.28. The van der Waals surface area contributed by atoms with Crippen LogP contribution in [0.3, 0.4) is 0 Å². The summed E-state index contributed by atoms with van der Waals surface area (Å²) in [7, 11) is 0. The van der Waals surface area contributed by atoms with E-state index in [0.29, 0.717) is 0 Å². The zero-order valence-electron chi connectivity index (χ0n) is 11.5. The molecule has 0 fully saturated rings. The molecule has 0 aliphatic rings. The molecule has 0 heterocycles. The quantitative estimate of drug-likeness (QED) is 0.809. The SMILES string of the molecule is Cc1c(N)ccc(C(C)(C)c2ccc(Cl)cc2)c1N. The van der Waals surface area contributed by atoms with Crippen molar-refractivity contribution in [2.45, 2.75) is 26.2 Å². The molecule has 2 aromatic carbocycles. The van der Waals surface area contributed by atoms with Crippen molar-refractivity contribution in [1.82, 2.24) is 0 Å². The molecule has 0 saturated carbocycles. The van der Waals surface area contributed by atoms with Crippen LogP contribution in [0.25, 0.3) is 0 Å². The molecule has 0 bridgehead atoms. The van der Waals surface area contributed by atoms with Crippen LogP contribution in [0, 0.1) is 6.92 Å². The molecule has 0 aliphatic carbocycles. The molecular weight excluding hydrogens is 256 g/mol. The monoisotopic (exact) mass is 274 g/mol. The first kappa shape index (κ1) is 13.8. The Morgan fingerprint density at radius 1 is 0.947 bits per heavy atom. The van der Waals surface area contributed by atoms with Gasteiger partial charge in [-0.05, 0) is 41.8 Å². The van der Waals surface area contributed by atoms with E-state index in [1.165, 1.54) is 5.56 Å². The predicted molar refractivity (Wildman–Crippen MR) is 83.6 cm³/mol. The van der Waals surface area contributed by atoms with Crippen LogP contribution in [-0.2, 0) is 5.41 Å². The number of benzene rings is 2. The van der Waals surface area contributed by atoms with Gasteiger partial charge in [0.1, 0.15) is 0 Å². The van der Waals surface area contributed by atoms with E-state index >= 15 is 0 Å². The smallest absolute Gasteiger partial charge is 0.0406 e. The number of nitrogen functional groups attached to an aromatic ring is 2. The number of rotatable bonds is 2. The average molecular weight is 275 g/mol. The molecule has 0 saturated heterocycles. The van der Waals surface area contributed by atoms with Crippen LogP contribution in [-0.4, -0.2) is 0 Å². The summed E-state index contributed by atoms with van der Waals surface area (Å²) in [4.78, 5) is 0. The molecule has 3 heteroatoms. The molecule has 0 aliphatic heterocycles. The summed E-state index contributed by atoms with van der Waals surface area (Å²) in [6.07, 6.45) is 0. The number of anilines is 2. The molecule has 2 rings (SSSR count). The molecule has 2 aromatic rings. The second kappa shape index (κ2) is 4.78. The molecule has 0 unspecified atom stereocenters. The Morgan fingerprint density at radius 2 is 1.53 bits per heavy atom. The summed E-state index contributed by atoms with van der Waals surface area (Å²) in [6.45, 7) is 6.25. The van der Waals surface area contributed by atoms with Gasteiger partial charge in [0, 0.05) is 21.8 Å². The van der Waals surface area contributed by atoms with Gasteiger partial charge in [-0.25, -0.2) is 0 Å². The zero-order valence-corrected chi connectivity index (χ0v) is 12.3. The Kier molecular flexibility index (Phi) is 3.46. The largest absolute Gasteiger partial charge is 0.398 e. The third-order valence-corrected chi connectivity index (χ3v) is 4.05. The lowest BCUT2D eigenvalue weighted by molar-refractivity contribution is 0.643. The van der Waals surface area contributed by atoms with Crippen molar-refractivity contribution in [2.75, 3.05) is 11.5 Å².